The van der Waals surface area contributed by atoms with Crippen molar-refractivity contribution in [2.24, 2.45) is 0 Å². The Hall–Kier alpha value is -2.10. The number of benzene rings is 2. The number of fused-ring (bicyclic) bond motifs is 1. The number of phenols is 1. The predicted molar refractivity (Wildman–Crippen MR) is 81.8 cm³/mol. The van der Waals surface area contributed by atoms with Crippen LogP contribution in [0.2, 0.25) is 10.0 Å². The Morgan fingerprint density at radius 2 is 1.62 bits per heavy atom. The van der Waals surface area contributed by atoms with Crippen LogP contribution < -0.4 is 0 Å². The molecule has 0 bridgehead atoms. The molecule has 0 unspecified atom stereocenters. The van der Waals surface area contributed by atoms with Gasteiger partial charge >= 0.3 is 0 Å². The molecule has 0 saturated carbocycles. The van der Waals surface area contributed by atoms with E-state index in [0.29, 0.717) is 21.7 Å². The maximum absolute atomic E-state index is 12.1. The lowest BCUT2D eigenvalue weighted by Crippen LogP contribution is -2.05. The van der Waals surface area contributed by atoms with Gasteiger partial charge in [-0.05, 0) is 23.8 Å². The molecule has 104 valence electrons. The summed E-state index contributed by atoms with van der Waals surface area (Å²) in [6.45, 7) is 0. The number of allylic oxidation sites excluding steroid dienone is 1. The maximum atomic E-state index is 12.1. The van der Waals surface area contributed by atoms with Crippen molar-refractivity contribution in [3.05, 3.63) is 63.1 Å². The molecule has 0 spiro atoms. The van der Waals surface area contributed by atoms with Crippen LogP contribution in [0.15, 0.2) is 36.4 Å². The maximum Gasteiger partial charge on any atom is 0.234 e. The van der Waals surface area contributed by atoms with Gasteiger partial charge in [0.2, 0.25) is 11.6 Å². The van der Waals surface area contributed by atoms with E-state index in [1.165, 1.54) is 18.2 Å². The molecular formula is C16H8Cl2O3. The second kappa shape index (κ2) is 5.02. The van der Waals surface area contributed by atoms with Gasteiger partial charge in [0, 0.05) is 21.7 Å². The summed E-state index contributed by atoms with van der Waals surface area (Å²) < 4.78 is 0. The van der Waals surface area contributed by atoms with Gasteiger partial charge in [-0.3, -0.25) is 9.59 Å². The molecule has 5 heteroatoms. The summed E-state index contributed by atoms with van der Waals surface area (Å²) in [7, 11) is 0. The second-order valence-corrected chi connectivity index (χ2v) is 5.43. The molecule has 0 saturated heterocycles. The molecule has 1 N–H and O–H groups in total. The summed E-state index contributed by atoms with van der Waals surface area (Å²) in [5.74, 6) is -1.34. The fourth-order valence-corrected chi connectivity index (χ4v) is 2.79. The summed E-state index contributed by atoms with van der Waals surface area (Å²) in [6.07, 6.45) is 1.43. The molecular weight excluding hydrogens is 311 g/mol. The molecule has 3 rings (SSSR count). The fraction of sp³-hybridized carbons (Fsp3) is 0. The molecule has 1 aliphatic rings. The quantitative estimate of drug-likeness (QED) is 0.638. The van der Waals surface area contributed by atoms with Gasteiger partial charge < -0.3 is 5.11 Å². The van der Waals surface area contributed by atoms with E-state index in [4.69, 9.17) is 23.2 Å². The average Bonchev–Trinajstić information content (AvgIpc) is 2.70. The van der Waals surface area contributed by atoms with E-state index < -0.39 is 11.6 Å². The van der Waals surface area contributed by atoms with Crippen LogP contribution in [0.1, 0.15) is 21.5 Å². The number of hydrogen-bond acceptors (Lipinski definition) is 3. The van der Waals surface area contributed by atoms with Crippen molar-refractivity contribution < 1.29 is 14.7 Å². The smallest absolute Gasteiger partial charge is 0.234 e. The number of carbonyl (C=O) groups is 2. The van der Waals surface area contributed by atoms with E-state index in [1.54, 1.807) is 24.3 Å². The molecule has 0 heterocycles. The van der Waals surface area contributed by atoms with E-state index in [0.717, 1.165) is 0 Å². The topological polar surface area (TPSA) is 54.4 Å². The number of carbonyl (C=O) groups excluding carboxylic acids is 2. The van der Waals surface area contributed by atoms with Crippen LogP contribution in [0, 0.1) is 0 Å². The van der Waals surface area contributed by atoms with E-state index in [9.17, 15) is 14.7 Å². The normalized spacial score (nSPS) is 15.6. The number of rotatable bonds is 1. The highest BCUT2D eigenvalue weighted by molar-refractivity contribution is 6.64. The molecule has 21 heavy (non-hydrogen) atoms. The lowest BCUT2D eigenvalue weighted by molar-refractivity contribution is -0.109. The number of phenolic OH excluding ortho intramolecular Hbond substituents is 1. The van der Waals surface area contributed by atoms with Gasteiger partial charge in [-0.15, -0.1) is 0 Å². The third-order valence-electron chi connectivity index (χ3n) is 3.27. The third-order valence-corrected chi connectivity index (χ3v) is 3.78. The number of halogens is 2. The van der Waals surface area contributed by atoms with Crippen LogP contribution in [0.3, 0.4) is 0 Å². The molecule has 0 atom stereocenters. The first-order valence-electron chi connectivity index (χ1n) is 6.07. The highest BCUT2D eigenvalue weighted by Gasteiger charge is 2.33. The van der Waals surface area contributed by atoms with Crippen molar-refractivity contribution in [1.29, 1.82) is 0 Å². The number of hydrogen-bond donors (Lipinski definition) is 1. The minimum absolute atomic E-state index is 0.0828. The lowest BCUT2D eigenvalue weighted by Gasteiger charge is -2.04. The first-order valence-corrected chi connectivity index (χ1v) is 6.83. The van der Waals surface area contributed by atoms with E-state index in [-0.39, 0.29) is 16.3 Å². The highest BCUT2D eigenvalue weighted by Crippen LogP contribution is 2.36. The molecule has 0 radical (unpaired) electrons. The largest absolute Gasteiger partial charge is 0.506 e. The van der Waals surface area contributed by atoms with Gasteiger partial charge in [0.15, 0.2) is 0 Å². The van der Waals surface area contributed by atoms with Crippen LogP contribution in [-0.4, -0.2) is 16.7 Å². The summed E-state index contributed by atoms with van der Waals surface area (Å²) >= 11 is 11.8. The molecule has 2 aromatic carbocycles. The average molecular weight is 319 g/mol. The van der Waals surface area contributed by atoms with Crippen molar-refractivity contribution in [3.8, 4) is 5.75 Å². The Labute approximate surface area is 130 Å². The zero-order valence-electron chi connectivity index (χ0n) is 10.6. The Bertz CT molecular complexity index is 822. The van der Waals surface area contributed by atoms with Gasteiger partial charge in [-0.25, -0.2) is 0 Å². The minimum atomic E-state index is -0.605. The standard InChI is InChI=1S/C16H8Cl2O3/c17-9-5-8(14(19)13(18)7-9)6-12-10-3-1-2-4-11(10)15(20)16(12)21/h1-7,19H/b12-6-. The van der Waals surface area contributed by atoms with Crippen LogP contribution in [0.5, 0.6) is 5.75 Å². The number of aromatic hydroxyl groups is 1. The SMILES string of the molecule is O=C1C(=O)c2ccccc2/C1=C/c1cc(Cl)cc(Cl)c1O. The van der Waals surface area contributed by atoms with Crippen LogP contribution in [0.4, 0.5) is 0 Å². The van der Waals surface area contributed by atoms with Gasteiger partial charge in [0.25, 0.3) is 0 Å². The van der Waals surface area contributed by atoms with Crippen molar-refractivity contribution in [2.45, 2.75) is 0 Å². The van der Waals surface area contributed by atoms with Crippen molar-refractivity contribution >= 4 is 46.4 Å². The summed E-state index contributed by atoms with van der Waals surface area (Å²) in [5.41, 5.74) is 1.42. The summed E-state index contributed by atoms with van der Waals surface area (Å²) in [4.78, 5) is 24.0. The van der Waals surface area contributed by atoms with Crippen molar-refractivity contribution in [2.75, 3.05) is 0 Å². The fourth-order valence-electron chi connectivity index (χ4n) is 2.28. The van der Waals surface area contributed by atoms with Crippen molar-refractivity contribution in [3.63, 3.8) is 0 Å². The number of ketones is 2. The Morgan fingerprint density at radius 3 is 2.33 bits per heavy atom. The van der Waals surface area contributed by atoms with Gasteiger partial charge in [-0.2, -0.15) is 0 Å². The molecule has 0 aromatic heterocycles. The highest BCUT2D eigenvalue weighted by atomic mass is 35.5. The van der Waals surface area contributed by atoms with Gasteiger partial charge in [-0.1, -0.05) is 47.5 Å². The minimum Gasteiger partial charge on any atom is -0.506 e. The third kappa shape index (κ3) is 2.24. The Balaban J connectivity index is 2.22. The van der Waals surface area contributed by atoms with E-state index in [1.807, 2.05) is 0 Å². The Kier molecular flexibility index (Phi) is 3.32. The van der Waals surface area contributed by atoms with E-state index >= 15 is 0 Å². The Morgan fingerprint density at radius 1 is 0.952 bits per heavy atom. The molecule has 2 aromatic rings. The summed E-state index contributed by atoms with van der Waals surface area (Å²) in [5, 5.41) is 10.4. The second-order valence-electron chi connectivity index (χ2n) is 4.59. The molecule has 1 aliphatic carbocycles. The zero-order chi connectivity index (χ0) is 15.1. The van der Waals surface area contributed by atoms with Crippen LogP contribution >= 0.6 is 23.2 Å². The first kappa shape index (κ1) is 13.9. The predicted octanol–water partition coefficient (Wildman–Crippen LogP) is 4.01. The molecule has 0 aliphatic heterocycles. The van der Waals surface area contributed by atoms with Crippen molar-refractivity contribution in [1.82, 2.24) is 0 Å². The van der Waals surface area contributed by atoms with Gasteiger partial charge in [0.05, 0.1) is 5.02 Å². The van der Waals surface area contributed by atoms with Crippen LogP contribution in [0.25, 0.3) is 11.6 Å². The monoisotopic (exact) mass is 318 g/mol. The molecule has 0 fully saturated rings. The molecule has 3 nitrogen and oxygen atoms in total. The van der Waals surface area contributed by atoms with Crippen LogP contribution in [-0.2, 0) is 4.79 Å². The first-order chi connectivity index (χ1) is 9.99. The van der Waals surface area contributed by atoms with Gasteiger partial charge in [0.1, 0.15) is 5.75 Å². The number of Topliss-reactive ketones (excluding diaryl/α,β-unsaturated/α-hetero) is 2. The summed E-state index contributed by atoms with van der Waals surface area (Å²) in [6, 6.07) is 9.60. The zero-order valence-corrected chi connectivity index (χ0v) is 12.1. The van der Waals surface area contributed by atoms with E-state index in [2.05, 4.69) is 0 Å². The lowest BCUT2D eigenvalue weighted by atomic mass is 10.0. The molecule has 0 amide bonds.